The second-order valence-electron chi connectivity index (χ2n) is 6.63. The SMILES string of the molecule is C[C@@H]1CCCN1CCc1cc2c(-c3cn(C)cn3)cccc2o1. The summed E-state index contributed by atoms with van der Waals surface area (Å²) in [6.45, 7) is 4.63. The smallest absolute Gasteiger partial charge is 0.134 e. The average Bonchev–Trinajstić information content (AvgIpc) is 3.24. The Kier molecular flexibility index (Phi) is 3.69. The van der Waals surface area contributed by atoms with Crippen LogP contribution in [0.4, 0.5) is 0 Å². The summed E-state index contributed by atoms with van der Waals surface area (Å²) in [5.74, 6) is 1.07. The van der Waals surface area contributed by atoms with Crippen LogP contribution in [0.3, 0.4) is 0 Å². The molecule has 1 aromatic carbocycles. The second kappa shape index (κ2) is 5.85. The molecule has 0 bridgehead atoms. The first-order valence-corrected chi connectivity index (χ1v) is 8.44. The number of hydrogen-bond donors (Lipinski definition) is 0. The zero-order valence-corrected chi connectivity index (χ0v) is 13.8. The molecule has 0 amide bonds. The number of nitrogens with zero attached hydrogens (tertiary/aromatic N) is 3. The van der Waals surface area contributed by atoms with Crippen molar-refractivity contribution in [3.05, 3.63) is 42.5 Å². The molecule has 3 aromatic rings. The molecule has 0 saturated carbocycles. The van der Waals surface area contributed by atoms with Crippen LogP contribution in [0.2, 0.25) is 0 Å². The summed E-state index contributed by atoms with van der Waals surface area (Å²) in [5, 5.41) is 1.16. The Hall–Kier alpha value is -2.07. The first kappa shape index (κ1) is 14.5. The lowest BCUT2D eigenvalue weighted by Gasteiger charge is -2.19. The van der Waals surface area contributed by atoms with Crippen LogP contribution < -0.4 is 0 Å². The zero-order valence-electron chi connectivity index (χ0n) is 13.8. The molecule has 23 heavy (non-hydrogen) atoms. The van der Waals surface area contributed by atoms with E-state index in [0.717, 1.165) is 41.0 Å². The molecule has 4 nitrogen and oxygen atoms in total. The van der Waals surface area contributed by atoms with Crippen LogP contribution in [0.5, 0.6) is 0 Å². The molecule has 0 radical (unpaired) electrons. The van der Waals surface area contributed by atoms with Gasteiger partial charge in [0.25, 0.3) is 0 Å². The van der Waals surface area contributed by atoms with Gasteiger partial charge in [0.05, 0.1) is 12.0 Å². The second-order valence-corrected chi connectivity index (χ2v) is 6.63. The van der Waals surface area contributed by atoms with Crippen LogP contribution in [0.1, 0.15) is 25.5 Å². The predicted octanol–water partition coefficient (Wildman–Crippen LogP) is 3.86. The lowest BCUT2D eigenvalue weighted by molar-refractivity contribution is 0.266. The Labute approximate surface area is 136 Å². The van der Waals surface area contributed by atoms with Gasteiger partial charge in [-0.25, -0.2) is 4.98 Å². The minimum atomic E-state index is 0.712. The van der Waals surface area contributed by atoms with Gasteiger partial charge in [-0.15, -0.1) is 0 Å². The van der Waals surface area contributed by atoms with Crippen LogP contribution in [-0.2, 0) is 13.5 Å². The Morgan fingerprint density at radius 1 is 1.35 bits per heavy atom. The fraction of sp³-hybridized carbons (Fsp3) is 0.421. The third kappa shape index (κ3) is 2.79. The minimum absolute atomic E-state index is 0.712. The van der Waals surface area contributed by atoms with Crippen LogP contribution in [0.25, 0.3) is 22.2 Å². The third-order valence-electron chi connectivity index (χ3n) is 4.93. The quantitative estimate of drug-likeness (QED) is 0.734. The fourth-order valence-corrected chi connectivity index (χ4v) is 3.59. The molecule has 1 aliphatic rings. The molecule has 1 aliphatic heterocycles. The third-order valence-corrected chi connectivity index (χ3v) is 4.93. The molecular weight excluding hydrogens is 286 g/mol. The van der Waals surface area contributed by atoms with Gasteiger partial charge in [0.2, 0.25) is 0 Å². The van der Waals surface area contributed by atoms with Crippen molar-refractivity contribution in [3.63, 3.8) is 0 Å². The molecule has 0 aliphatic carbocycles. The van der Waals surface area contributed by atoms with Crippen molar-refractivity contribution in [1.29, 1.82) is 0 Å². The Balaban J connectivity index is 1.60. The number of aromatic nitrogens is 2. The van der Waals surface area contributed by atoms with Gasteiger partial charge in [0, 0.05) is 43.2 Å². The Morgan fingerprint density at radius 2 is 2.26 bits per heavy atom. The molecular formula is C19H23N3O. The number of hydrogen-bond acceptors (Lipinski definition) is 3. The zero-order chi connectivity index (χ0) is 15.8. The molecule has 0 spiro atoms. The van der Waals surface area contributed by atoms with Crippen molar-refractivity contribution >= 4 is 11.0 Å². The van der Waals surface area contributed by atoms with Gasteiger partial charge in [0.1, 0.15) is 11.3 Å². The molecule has 4 rings (SSSR count). The molecule has 120 valence electrons. The van der Waals surface area contributed by atoms with Gasteiger partial charge in [-0.1, -0.05) is 12.1 Å². The van der Waals surface area contributed by atoms with Crippen molar-refractivity contribution in [3.8, 4) is 11.3 Å². The van der Waals surface area contributed by atoms with E-state index < -0.39 is 0 Å². The molecule has 2 aromatic heterocycles. The maximum absolute atomic E-state index is 6.07. The van der Waals surface area contributed by atoms with Crippen LogP contribution in [0, 0.1) is 0 Å². The molecule has 0 N–H and O–H groups in total. The fourth-order valence-electron chi connectivity index (χ4n) is 3.59. The number of aryl methyl sites for hydroxylation is 1. The maximum atomic E-state index is 6.07. The van der Waals surface area contributed by atoms with E-state index in [-0.39, 0.29) is 0 Å². The highest BCUT2D eigenvalue weighted by Gasteiger charge is 2.20. The highest BCUT2D eigenvalue weighted by molar-refractivity contribution is 5.93. The summed E-state index contributed by atoms with van der Waals surface area (Å²) in [5.41, 5.74) is 3.10. The summed E-state index contributed by atoms with van der Waals surface area (Å²) < 4.78 is 8.05. The van der Waals surface area contributed by atoms with E-state index in [1.165, 1.54) is 19.4 Å². The van der Waals surface area contributed by atoms with Gasteiger partial charge in [0.15, 0.2) is 0 Å². The van der Waals surface area contributed by atoms with Gasteiger partial charge in [-0.3, -0.25) is 0 Å². The number of imidazole rings is 1. The topological polar surface area (TPSA) is 34.2 Å². The Morgan fingerprint density at radius 3 is 3.00 bits per heavy atom. The standard InChI is InChI=1S/C19H23N3O/c1-14-5-4-9-22(14)10-8-15-11-17-16(6-3-7-19(17)23-15)18-12-21(2)13-20-18/h3,6-7,11-14H,4-5,8-10H2,1-2H3/t14-/m1/s1. The van der Waals surface area contributed by atoms with Crippen molar-refractivity contribution in [2.45, 2.75) is 32.2 Å². The molecule has 3 heterocycles. The van der Waals surface area contributed by atoms with Crippen molar-refractivity contribution in [2.24, 2.45) is 7.05 Å². The van der Waals surface area contributed by atoms with E-state index >= 15 is 0 Å². The van der Waals surface area contributed by atoms with Gasteiger partial charge in [-0.05, 0) is 38.4 Å². The van der Waals surface area contributed by atoms with E-state index in [1.54, 1.807) is 0 Å². The van der Waals surface area contributed by atoms with E-state index in [0.29, 0.717) is 6.04 Å². The van der Waals surface area contributed by atoms with E-state index in [9.17, 15) is 0 Å². The number of fused-ring (bicyclic) bond motifs is 1. The van der Waals surface area contributed by atoms with Gasteiger partial charge >= 0.3 is 0 Å². The Bertz CT molecular complexity index is 817. The summed E-state index contributed by atoms with van der Waals surface area (Å²) in [4.78, 5) is 7.04. The first-order chi connectivity index (χ1) is 11.2. The monoisotopic (exact) mass is 309 g/mol. The molecule has 0 unspecified atom stereocenters. The van der Waals surface area contributed by atoms with Crippen molar-refractivity contribution in [2.75, 3.05) is 13.1 Å². The van der Waals surface area contributed by atoms with Crippen LogP contribution in [-0.4, -0.2) is 33.6 Å². The van der Waals surface area contributed by atoms with Crippen LogP contribution >= 0.6 is 0 Å². The highest BCUT2D eigenvalue weighted by Crippen LogP contribution is 2.30. The summed E-state index contributed by atoms with van der Waals surface area (Å²) in [7, 11) is 1.99. The normalized spacial score (nSPS) is 19.0. The number of likely N-dealkylation sites (tertiary alicyclic amines) is 1. The van der Waals surface area contributed by atoms with Gasteiger partial charge < -0.3 is 13.9 Å². The largest absolute Gasteiger partial charge is 0.461 e. The van der Waals surface area contributed by atoms with Crippen molar-refractivity contribution in [1.82, 2.24) is 14.5 Å². The predicted molar refractivity (Wildman–Crippen MR) is 92.4 cm³/mol. The maximum Gasteiger partial charge on any atom is 0.134 e. The van der Waals surface area contributed by atoms with Crippen LogP contribution in [0.15, 0.2) is 41.2 Å². The van der Waals surface area contributed by atoms with Gasteiger partial charge in [-0.2, -0.15) is 0 Å². The molecule has 1 fully saturated rings. The first-order valence-electron chi connectivity index (χ1n) is 8.44. The van der Waals surface area contributed by atoms with E-state index in [1.807, 2.05) is 36.3 Å². The number of furan rings is 1. The lowest BCUT2D eigenvalue weighted by atomic mass is 10.1. The van der Waals surface area contributed by atoms with Crippen molar-refractivity contribution < 1.29 is 4.42 Å². The lowest BCUT2D eigenvalue weighted by Crippen LogP contribution is -2.28. The number of benzene rings is 1. The van der Waals surface area contributed by atoms with E-state index in [4.69, 9.17) is 4.42 Å². The number of rotatable bonds is 4. The summed E-state index contributed by atoms with van der Waals surface area (Å²) in [6.07, 6.45) is 7.51. The highest BCUT2D eigenvalue weighted by atomic mass is 16.3. The molecule has 1 atom stereocenters. The summed E-state index contributed by atoms with van der Waals surface area (Å²) in [6, 6.07) is 9.11. The molecule has 1 saturated heterocycles. The van der Waals surface area contributed by atoms with E-state index in [2.05, 4.69) is 28.9 Å². The minimum Gasteiger partial charge on any atom is -0.461 e. The average molecular weight is 309 g/mol. The summed E-state index contributed by atoms with van der Waals surface area (Å²) >= 11 is 0. The molecule has 4 heteroatoms.